The Balaban J connectivity index is 0.00000361. The molecule has 2 N–H and O–H groups in total. The highest BCUT2D eigenvalue weighted by atomic mass is 35.5. The van der Waals surface area contributed by atoms with Crippen molar-refractivity contribution >= 4 is 18.3 Å². The van der Waals surface area contributed by atoms with Crippen molar-refractivity contribution in [2.45, 2.75) is 32.8 Å². The molecule has 0 saturated carbocycles. The molecule has 0 fully saturated rings. The van der Waals surface area contributed by atoms with Gasteiger partial charge in [-0.25, -0.2) is 0 Å². The minimum atomic E-state index is -0.421. The summed E-state index contributed by atoms with van der Waals surface area (Å²) in [5, 5.41) is 5.95. The van der Waals surface area contributed by atoms with Gasteiger partial charge in [0.1, 0.15) is 5.75 Å². The van der Waals surface area contributed by atoms with E-state index in [2.05, 4.69) is 10.6 Å². The summed E-state index contributed by atoms with van der Waals surface area (Å²) >= 11 is 0. The number of ether oxygens (including phenoxy) is 1. The maximum atomic E-state index is 12.0. The van der Waals surface area contributed by atoms with Crippen LogP contribution in [0.5, 0.6) is 5.75 Å². The third-order valence-corrected chi connectivity index (χ3v) is 2.93. The number of aryl methyl sites for hydroxylation is 1. The number of benzene rings is 1. The first kappa shape index (κ1) is 18.7. The van der Waals surface area contributed by atoms with Crippen LogP contribution in [0.25, 0.3) is 0 Å². The molecule has 1 unspecified atom stereocenters. The zero-order valence-corrected chi connectivity index (χ0v) is 13.3. The van der Waals surface area contributed by atoms with Crippen molar-refractivity contribution in [2.75, 3.05) is 20.1 Å². The van der Waals surface area contributed by atoms with Crippen molar-refractivity contribution in [1.29, 1.82) is 0 Å². The molecule has 0 heterocycles. The summed E-state index contributed by atoms with van der Waals surface area (Å²) in [6.45, 7) is 5.51. The molecule has 0 radical (unpaired) electrons. The maximum Gasteiger partial charge on any atom is 0.261 e. The summed E-state index contributed by atoms with van der Waals surface area (Å²) in [7, 11) is 1.90. The molecule has 1 rings (SSSR count). The van der Waals surface area contributed by atoms with Gasteiger partial charge in [-0.1, -0.05) is 25.1 Å². The van der Waals surface area contributed by atoms with E-state index >= 15 is 0 Å². The zero-order valence-electron chi connectivity index (χ0n) is 12.4. The summed E-state index contributed by atoms with van der Waals surface area (Å²) < 4.78 is 5.79. The Labute approximate surface area is 127 Å². The summed E-state index contributed by atoms with van der Waals surface area (Å²) in [6, 6.07) is 7.75. The van der Waals surface area contributed by atoms with Crippen molar-refractivity contribution in [3.05, 3.63) is 29.8 Å². The molecule has 1 aromatic carbocycles. The second kappa shape index (κ2) is 10.5. The summed E-state index contributed by atoms with van der Waals surface area (Å²) in [4.78, 5) is 12.0. The zero-order chi connectivity index (χ0) is 14.1. The van der Waals surface area contributed by atoms with Gasteiger partial charge < -0.3 is 15.4 Å². The third-order valence-electron chi connectivity index (χ3n) is 2.93. The average molecular weight is 301 g/mol. The molecule has 0 spiro atoms. The lowest BCUT2D eigenvalue weighted by Gasteiger charge is -2.18. The van der Waals surface area contributed by atoms with E-state index in [0.29, 0.717) is 13.0 Å². The molecule has 0 aliphatic carbocycles. The van der Waals surface area contributed by atoms with Crippen LogP contribution in [0.15, 0.2) is 24.3 Å². The van der Waals surface area contributed by atoms with Crippen molar-refractivity contribution in [2.24, 2.45) is 0 Å². The van der Waals surface area contributed by atoms with Gasteiger partial charge >= 0.3 is 0 Å². The van der Waals surface area contributed by atoms with Gasteiger partial charge in [0.2, 0.25) is 0 Å². The largest absolute Gasteiger partial charge is 0.480 e. The van der Waals surface area contributed by atoms with Crippen molar-refractivity contribution in [3.8, 4) is 5.75 Å². The Morgan fingerprint density at radius 2 is 2.00 bits per heavy atom. The van der Waals surface area contributed by atoms with Crippen LogP contribution < -0.4 is 15.4 Å². The van der Waals surface area contributed by atoms with Gasteiger partial charge in [0, 0.05) is 6.54 Å². The van der Waals surface area contributed by atoms with Crippen LogP contribution in [0.1, 0.15) is 25.3 Å². The number of hydrogen-bond donors (Lipinski definition) is 2. The first-order valence-corrected chi connectivity index (χ1v) is 6.83. The van der Waals surface area contributed by atoms with Crippen LogP contribution in [-0.4, -0.2) is 32.1 Å². The van der Waals surface area contributed by atoms with Gasteiger partial charge in [0.15, 0.2) is 6.10 Å². The lowest BCUT2D eigenvalue weighted by atomic mass is 10.2. The first-order chi connectivity index (χ1) is 9.19. The van der Waals surface area contributed by atoms with Crippen LogP contribution in [0.2, 0.25) is 0 Å². The van der Waals surface area contributed by atoms with Crippen molar-refractivity contribution in [1.82, 2.24) is 10.6 Å². The Bertz CT molecular complexity index is 399. The smallest absolute Gasteiger partial charge is 0.261 e. The fourth-order valence-corrected chi connectivity index (χ4v) is 1.75. The molecule has 0 aromatic heterocycles. The Kier molecular flexibility index (Phi) is 9.86. The van der Waals surface area contributed by atoms with Crippen LogP contribution in [0.4, 0.5) is 0 Å². The number of para-hydroxylation sites is 1. The van der Waals surface area contributed by atoms with Gasteiger partial charge in [0.25, 0.3) is 5.91 Å². The Hall–Kier alpha value is -1.26. The van der Waals surface area contributed by atoms with E-state index in [-0.39, 0.29) is 18.3 Å². The molecular formula is C15H25ClN2O2. The predicted octanol–water partition coefficient (Wildman–Crippen LogP) is 2.30. The number of carbonyl (C=O) groups excluding carboxylic acids is 1. The highest BCUT2D eigenvalue weighted by molar-refractivity contribution is 5.85. The van der Waals surface area contributed by atoms with E-state index in [1.807, 2.05) is 45.2 Å². The van der Waals surface area contributed by atoms with E-state index in [4.69, 9.17) is 4.74 Å². The van der Waals surface area contributed by atoms with Crippen LogP contribution in [-0.2, 0) is 4.79 Å². The molecule has 0 aliphatic rings. The molecule has 0 saturated heterocycles. The minimum Gasteiger partial charge on any atom is -0.480 e. The Morgan fingerprint density at radius 1 is 1.30 bits per heavy atom. The third kappa shape index (κ3) is 6.26. The normalized spacial score (nSPS) is 11.3. The SMILES string of the molecule is CCC(Oc1ccccc1C)C(=O)NCCCNC.Cl. The van der Waals surface area contributed by atoms with Gasteiger partial charge in [-0.15, -0.1) is 12.4 Å². The fraction of sp³-hybridized carbons (Fsp3) is 0.533. The second-order valence-corrected chi connectivity index (χ2v) is 4.53. The van der Waals surface area contributed by atoms with Gasteiger partial charge in [0.05, 0.1) is 0 Å². The molecule has 114 valence electrons. The van der Waals surface area contributed by atoms with E-state index in [1.165, 1.54) is 0 Å². The number of nitrogens with one attached hydrogen (secondary N) is 2. The second-order valence-electron chi connectivity index (χ2n) is 4.53. The monoisotopic (exact) mass is 300 g/mol. The molecule has 20 heavy (non-hydrogen) atoms. The number of amides is 1. The van der Waals surface area contributed by atoms with Crippen molar-refractivity contribution < 1.29 is 9.53 Å². The first-order valence-electron chi connectivity index (χ1n) is 6.83. The molecular weight excluding hydrogens is 276 g/mol. The van der Waals surface area contributed by atoms with Crippen molar-refractivity contribution in [3.63, 3.8) is 0 Å². The summed E-state index contributed by atoms with van der Waals surface area (Å²) in [5.41, 5.74) is 1.05. The van der Waals surface area contributed by atoms with E-state index in [9.17, 15) is 4.79 Å². The molecule has 5 heteroatoms. The average Bonchev–Trinajstić information content (AvgIpc) is 2.42. The fourth-order valence-electron chi connectivity index (χ4n) is 1.75. The highest BCUT2D eigenvalue weighted by Crippen LogP contribution is 2.18. The lowest BCUT2D eigenvalue weighted by molar-refractivity contribution is -0.128. The standard InChI is InChI=1S/C15H24N2O2.ClH/c1-4-13(15(18)17-11-7-10-16-3)19-14-9-6-5-8-12(14)2;/h5-6,8-9,13,16H,4,7,10-11H2,1-3H3,(H,17,18);1H. The van der Waals surface area contributed by atoms with Gasteiger partial charge in [-0.05, 0) is 45.0 Å². The molecule has 0 aliphatic heterocycles. The molecule has 1 aromatic rings. The molecule has 4 nitrogen and oxygen atoms in total. The Morgan fingerprint density at radius 3 is 2.60 bits per heavy atom. The van der Waals surface area contributed by atoms with Gasteiger partial charge in [-0.3, -0.25) is 4.79 Å². The molecule has 1 atom stereocenters. The van der Waals surface area contributed by atoms with Crippen LogP contribution in [0.3, 0.4) is 0 Å². The highest BCUT2D eigenvalue weighted by Gasteiger charge is 2.18. The number of carbonyl (C=O) groups is 1. The van der Waals surface area contributed by atoms with E-state index in [0.717, 1.165) is 24.3 Å². The molecule has 0 bridgehead atoms. The van der Waals surface area contributed by atoms with Crippen LogP contribution in [0, 0.1) is 6.92 Å². The summed E-state index contributed by atoms with van der Waals surface area (Å²) in [6.07, 6.45) is 1.16. The topological polar surface area (TPSA) is 50.4 Å². The minimum absolute atomic E-state index is 0. The number of hydrogen-bond acceptors (Lipinski definition) is 3. The molecule has 1 amide bonds. The van der Waals surface area contributed by atoms with E-state index < -0.39 is 6.10 Å². The number of halogens is 1. The predicted molar refractivity (Wildman–Crippen MR) is 84.7 cm³/mol. The van der Waals surface area contributed by atoms with E-state index in [1.54, 1.807) is 0 Å². The lowest BCUT2D eigenvalue weighted by Crippen LogP contribution is -2.39. The number of rotatable bonds is 8. The summed E-state index contributed by atoms with van der Waals surface area (Å²) in [5.74, 6) is 0.738. The maximum absolute atomic E-state index is 12.0. The van der Waals surface area contributed by atoms with Crippen LogP contribution >= 0.6 is 12.4 Å². The van der Waals surface area contributed by atoms with Gasteiger partial charge in [-0.2, -0.15) is 0 Å². The quantitative estimate of drug-likeness (QED) is 0.724.